The Labute approximate surface area is 414 Å². The molecule has 0 fully saturated rings. The maximum atomic E-state index is 16.5. The summed E-state index contributed by atoms with van der Waals surface area (Å²) in [4.78, 5) is 82.3. The van der Waals surface area contributed by atoms with Gasteiger partial charge in [0.2, 0.25) is 11.7 Å². The van der Waals surface area contributed by atoms with Crippen LogP contribution in [0.2, 0.25) is 0 Å². The molecule has 2 aliphatic rings. The largest absolute Gasteiger partial charge is 0.496 e. The summed E-state index contributed by atoms with van der Waals surface area (Å²) in [6.45, 7) is 14.4. The van der Waals surface area contributed by atoms with E-state index in [1.54, 1.807) is 27.7 Å². The third kappa shape index (κ3) is 9.11. The molecule has 0 radical (unpaired) electrons. The lowest BCUT2D eigenvalue weighted by Crippen LogP contribution is -2.51. The van der Waals surface area contributed by atoms with Crippen molar-refractivity contribution in [2.75, 3.05) is 24.0 Å². The Balaban J connectivity index is 0.000000214. The summed E-state index contributed by atoms with van der Waals surface area (Å²) in [7, 11) is 2.43. The zero-order chi connectivity index (χ0) is 53.7. The number of nitro groups is 1. The van der Waals surface area contributed by atoms with Crippen LogP contribution in [0.15, 0.2) is 61.2 Å². The lowest BCUT2D eigenvalue weighted by molar-refractivity contribution is -0.491. The van der Waals surface area contributed by atoms with Crippen molar-refractivity contribution in [2.45, 2.75) is 91.5 Å². The normalized spacial score (nSPS) is 14.5. The van der Waals surface area contributed by atoms with Gasteiger partial charge in [-0.2, -0.15) is 0 Å². The number of Topliss-reactive ketones (excluding diaryl/α,β-unsaturated/α-hetero) is 2. The number of hydrogen-bond donors (Lipinski definition) is 0. The number of anilines is 4. The van der Waals surface area contributed by atoms with E-state index < -0.39 is 115 Å². The SMILES string of the molecule is COc1cccc(F)c1-c1c(F)cc2c(c1F)N(c1c(C(C)C)ncnc1C(C)C)C(=O)C([N+](=O)[O-])C2=O.COc1cccc(F)c1-c1c(F)cc2c(c1F)N(c1c(C(C)C)ncnc1C(C)C)C(=O)CC2=O. The van der Waals surface area contributed by atoms with Crippen LogP contribution in [0.5, 0.6) is 11.5 Å². The molecule has 0 spiro atoms. The molecule has 4 heterocycles. The van der Waals surface area contributed by atoms with E-state index in [4.69, 9.17) is 9.47 Å². The Kier molecular flexibility index (Phi) is 14.8. The first-order valence-corrected chi connectivity index (χ1v) is 22.8. The van der Waals surface area contributed by atoms with Gasteiger partial charge in [-0.1, -0.05) is 67.5 Å². The Morgan fingerprint density at radius 2 is 0.945 bits per heavy atom. The minimum Gasteiger partial charge on any atom is -0.496 e. The van der Waals surface area contributed by atoms with Crippen LogP contribution in [-0.4, -0.2) is 68.5 Å². The van der Waals surface area contributed by atoms with Crippen LogP contribution in [0, 0.1) is 45.0 Å². The lowest BCUT2D eigenvalue weighted by atomic mass is 9.89. The van der Waals surface area contributed by atoms with Crippen molar-refractivity contribution < 1.29 is 59.9 Å². The molecule has 0 saturated heterocycles. The van der Waals surface area contributed by atoms with E-state index >= 15 is 17.6 Å². The summed E-state index contributed by atoms with van der Waals surface area (Å²) in [5.74, 6) is -12.8. The van der Waals surface area contributed by atoms with Crippen molar-refractivity contribution in [1.29, 1.82) is 0 Å². The summed E-state index contributed by atoms with van der Waals surface area (Å²) in [5, 5.41) is 11.8. The number of rotatable bonds is 11. The van der Waals surface area contributed by atoms with Gasteiger partial charge in [-0.25, -0.2) is 46.3 Å². The van der Waals surface area contributed by atoms with Gasteiger partial charge in [0.25, 0.3) is 0 Å². The molecule has 21 heteroatoms. The van der Waals surface area contributed by atoms with Gasteiger partial charge >= 0.3 is 11.9 Å². The fourth-order valence-electron chi connectivity index (χ4n) is 8.88. The van der Waals surface area contributed by atoms with E-state index in [1.165, 1.54) is 51.1 Å². The number of carbonyl (C=O) groups excluding carboxylic acids is 4. The van der Waals surface area contributed by atoms with Gasteiger partial charge in [-0.3, -0.25) is 39.1 Å². The van der Waals surface area contributed by atoms with Crippen LogP contribution in [-0.2, 0) is 9.59 Å². The Bertz CT molecular complexity index is 3220. The molecular weight excluding hydrogens is 965 g/mol. The van der Waals surface area contributed by atoms with E-state index in [2.05, 4.69) is 19.9 Å². The number of carbonyl (C=O) groups is 4. The summed E-state index contributed by atoms with van der Waals surface area (Å²) < 4.78 is 104. The third-order valence-corrected chi connectivity index (χ3v) is 12.2. The topological polar surface area (TPSA) is 188 Å². The van der Waals surface area contributed by atoms with Crippen LogP contribution < -0.4 is 19.3 Å². The number of amides is 2. The zero-order valence-corrected chi connectivity index (χ0v) is 41.0. The molecule has 0 N–H and O–H groups in total. The van der Waals surface area contributed by atoms with Crippen LogP contribution in [0.1, 0.15) is 129 Å². The maximum absolute atomic E-state index is 16.5. The number of hydrogen-bond acceptors (Lipinski definition) is 12. The molecule has 1 atom stereocenters. The number of aromatic nitrogens is 4. The van der Waals surface area contributed by atoms with Gasteiger partial charge < -0.3 is 9.47 Å². The van der Waals surface area contributed by atoms with Crippen molar-refractivity contribution in [3.05, 3.63) is 140 Å². The second-order valence-corrected chi connectivity index (χ2v) is 18.2. The number of methoxy groups -OCH3 is 2. The molecule has 8 rings (SSSR count). The smallest absolute Gasteiger partial charge is 0.352 e. The summed E-state index contributed by atoms with van der Waals surface area (Å²) in [5.41, 5.74) is -3.33. The number of ether oxygens (including phenoxy) is 2. The highest BCUT2D eigenvalue weighted by Gasteiger charge is 2.52. The Morgan fingerprint density at radius 1 is 0.562 bits per heavy atom. The van der Waals surface area contributed by atoms with Gasteiger partial charge in [0.1, 0.15) is 47.4 Å². The minimum absolute atomic E-state index is 0.0555. The highest BCUT2D eigenvalue weighted by Crippen LogP contribution is 2.49. The average Bonchev–Trinajstić information content (AvgIpc) is 3.32. The van der Waals surface area contributed by atoms with Gasteiger partial charge in [0.05, 0.1) is 94.0 Å². The van der Waals surface area contributed by atoms with Gasteiger partial charge in [0.15, 0.2) is 17.4 Å². The number of nitrogens with zero attached hydrogens (tertiary/aromatic N) is 7. The number of benzene rings is 4. The zero-order valence-electron chi connectivity index (χ0n) is 41.0. The first kappa shape index (κ1) is 52.7. The molecule has 380 valence electrons. The monoisotopic (exact) mass is 1010 g/mol. The number of ketones is 2. The quantitative estimate of drug-likeness (QED) is 0.0518. The second kappa shape index (κ2) is 20.6. The second-order valence-electron chi connectivity index (χ2n) is 18.2. The molecule has 2 aliphatic heterocycles. The standard InChI is InChI=1S/C26H23F3N4O5.C26H24F3N3O3/c1-11(2)20-23(21(12(3)4)31-10-30-20)32-22-13(25(34)24(26(32)35)33(36)37)9-15(28)18(19(22)29)17-14(27)7-6-8-16(17)38-5;1-12(2)23-26(24(13(3)4)31-11-30-23)32-19(34)10-17(33)14-9-16(28)21(22(29)25(14)32)20-15(27)7-6-8-18(20)35-5/h6-12,24H,1-5H3;6-9,11-13H,10H2,1-5H3. The Morgan fingerprint density at radius 3 is 1.33 bits per heavy atom. The van der Waals surface area contributed by atoms with Gasteiger partial charge in [-0.15, -0.1) is 0 Å². The molecule has 15 nitrogen and oxygen atoms in total. The van der Waals surface area contributed by atoms with Crippen molar-refractivity contribution >= 4 is 46.1 Å². The molecule has 0 bridgehead atoms. The van der Waals surface area contributed by atoms with Gasteiger partial charge in [0, 0.05) is 10.5 Å². The van der Waals surface area contributed by atoms with Crippen LogP contribution in [0.3, 0.4) is 0 Å². The number of fused-ring (bicyclic) bond motifs is 2. The summed E-state index contributed by atoms with van der Waals surface area (Å²) in [6, 6.07) is 6.23. The van der Waals surface area contributed by atoms with Crippen molar-refractivity contribution in [3.8, 4) is 33.8 Å². The van der Waals surface area contributed by atoms with Crippen molar-refractivity contribution in [1.82, 2.24) is 19.9 Å². The predicted octanol–water partition coefficient (Wildman–Crippen LogP) is 11.4. The van der Waals surface area contributed by atoms with E-state index in [-0.39, 0.29) is 63.5 Å². The molecule has 4 aromatic carbocycles. The first-order chi connectivity index (χ1) is 34.5. The highest BCUT2D eigenvalue weighted by atomic mass is 19.2. The molecule has 2 aromatic heterocycles. The molecule has 6 aromatic rings. The summed E-state index contributed by atoms with van der Waals surface area (Å²) >= 11 is 0. The van der Waals surface area contributed by atoms with Crippen LogP contribution in [0.4, 0.5) is 49.1 Å². The average molecular weight is 1010 g/mol. The third-order valence-electron chi connectivity index (χ3n) is 12.2. The molecular formula is C52H47F6N7O8. The highest BCUT2D eigenvalue weighted by molar-refractivity contribution is 6.27. The van der Waals surface area contributed by atoms with Gasteiger partial charge in [-0.05, 0) is 60.1 Å². The van der Waals surface area contributed by atoms with Crippen LogP contribution >= 0.6 is 0 Å². The van der Waals surface area contributed by atoms with Crippen molar-refractivity contribution in [3.63, 3.8) is 0 Å². The number of halogens is 6. The predicted molar refractivity (Wildman–Crippen MR) is 255 cm³/mol. The maximum Gasteiger partial charge on any atom is 0.352 e. The minimum atomic E-state index is -2.46. The van der Waals surface area contributed by atoms with E-state index in [0.717, 1.165) is 23.1 Å². The fourth-order valence-corrected chi connectivity index (χ4v) is 8.88. The fraction of sp³-hybridized carbons (Fsp3) is 0.308. The molecule has 73 heavy (non-hydrogen) atoms. The molecule has 0 aliphatic carbocycles. The van der Waals surface area contributed by atoms with E-state index in [9.17, 15) is 38.1 Å². The van der Waals surface area contributed by atoms with Crippen molar-refractivity contribution in [2.24, 2.45) is 0 Å². The Hall–Kier alpha value is -8.10. The van der Waals surface area contributed by atoms with E-state index in [0.29, 0.717) is 22.4 Å². The molecule has 1 unspecified atom stereocenters. The molecule has 0 saturated carbocycles. The molecule has 2 amide bonds. The first-order valence-electron chi connectivity index (χ1n) is 22.8. The van der Waals surface area contributed by atoms with E-state index in [1.807, 2.05) is 27.7 Å². The van der Waals surface area contributed by atoms with Crippen LogP contribution in [0.25, 0.3) is 22.3 Å². The summed E-state index contributed by atoms with van der Waals surface area (Å²) in [6.07, 6.45) is 2.03. The lowest BCUT2D eigenvalue weighted by Gasteiger charge is -2.34.